The van der Waals surface area contributed by atoms with E-state index < -0.39 is 28.9 Å². The van der Waals surface area contributed by atoms with E-state index in [2.05, 4.69) is 0 Å². The van der Waals surface area contributed by atoms with Gasteiger partial charge in [-0.2, -0.15) is 11.8 Å². The predicted octanol–water partition coefficient (Wildman–Crippen LogP) is 2.60. The summed E-state index contributed by atoms with van der Waals surface area (Å²) in [7, 11) is 0. The number of likely N-dealkylation sites (tertiary alicyclic amines) is 1. The number of nitrogens with two attached hydrogens (primary N) is 1. The maximum absolute atomic E-state index is 12.7. The average molecular weight is 346 g/mol. The Bertz CT molecular complexity index is 456. The second-order valence-corrected chi connectivity index (χ2v) is 8.83. The molecule has 0 aromatic rings. The van der Waals surface area contributed by atoms with Crippen LogP contribution in [0, 0.1) is 5.41 Å². The number of carbonyl (C=O) groups excluding carboxylic acids is 2. The molecule has 1 aliphatic heterocycles. The molecule has 1 saturated heterocycles. The van der Waals surface area contributed by atoms with Crippen molar-refractivity contribution in [2.45, 2.75) is 65.3 Å². The molecule has 0 spiro atoms. The number of amides is 1. The van der Waals surface area contributed by atoms with E-state index >= 15 is 0 Å². The van der Waals surface area contributed by atoms with Crippen molar-refractivity contribution in [3.8, 4) is 0 Å². The summed E-state index contributed by atoms with van der Waals surface area (Å²) in [5.74, 6) is 0.153. The third-order valence-electron chi connectivity index (χ3n) is 3.54. The summed E-state index contributed by atoms with van der Waals surface area (Å²) in [5, 5.41) is 0. The van der Waals surface area contributed by atoms with Gasteiger partial charge in [-0.1, -0.05) is 0 Å². The molecule has 23 heavy (non-hydrogen) atoms. The fourth-order valence-corrected chi connectivity index (χ4v) is 3.46. The zero-order valence-corrected chi connectivity index (χ0v) is 16.1. The Morgan fingerprint density at radius 3 is 2.13 bits per heavy atom. The van der Waals surface area contributed by atoms with Gasteiger partial charge in [-0.3, -0.25) is 9.69 Å². The standard InChI is InChI=1S/C16H30N2O4S/c1-14(2,3)21-12(19)16(10-23-7)8-9-18(11(16)17)13(20)22-15(4,5)6/h11H,8-10,17H2,1-7H3. The first-order valence-corrected chi connectivity index (χ1v) is 9.19. The van der Waals surface area contributed by atoms with E-state index in [-0.39, 0.29) is 5.97 Å². The van der Waals surface area contributed by atoms with Crippen molar-refractivity contribution in [1.82, 2.24) is 4.90 Å². The van der Waals surface area contributed by atoms with E-state index in [0.29, 0.717) is 18.7 Å². The number of ether oxygens (including phenoxy) is 2. The van der Waals surface area contributed by atoms with Gasteiger partial charge >= 0.3 is 12.1 Å². The summed E-state index contributed by atoms with van der Waals surface area (Å²) >= 11 is 1.52. The quantitative estimate of drug-likeness (QED) is 0.791. The summed E-state index contributed by atoms with van der Waals surface area (Å²) in [6.45, 7) is 11.3. The molecule has 0 aromatic heterocycles. The third kappa shape index (κ3) is 5.01. The van der Waals surface area contributed by atoms with E-state index in [4.69, 9.17) is 15.2 Å². The van der Waals surface area contributed by atoms with Crippen molar-refractivity contribution in [3.63, 3.8) is 0 Å². The molecule has 2 atom stereocenters. The minimum Gasteiger partial charge on any atom is -0.459 e. The number of esters is 1. The van der Waals surface area contributed by atoms with E-state index in [1.165, 1.54) is 16.7 Å². The Balaban J connectivity index is 2.98. The van der Waals surface area contributed by atoms with Crippen LogP contribution in [0.3, 0.4) is 0 Å². The molecule has 1 rings (SSSR count). The second kappa shape index (κ2) is 6.89. The Morgan fingerprint density at radius 2 is 1.70 bits per heavy atom. The lowest BCUT2D eigenvalue weighted by Crippen LogP contribution is -2.55. The van der Waals surface area contributed by atoms with Crippen molar-refractivity contribution < 1.29 is 19.1 Å². The molecule has 1 aliphatic rings. The fraction of sp³-hybridized carbons (Fsp3) is 0.875. The van der Waals surface area contributed by atoms with Gasteiger partial charge in [0.15, 0.2) is 0 Å². The van der Waals surface area contributed by atoms with Crippen molar-refractivity contribution in [1.29, 1.82) is 0 Å². The molecule has 0 radical (unpaired) electrons. The highest BCUT2D eigenvalue weighted by Crippen LogP contribution is 2.40. The smallest absolute Gasteiger partial charge is 0.411 e. The maximum Gasteiger partial charge on any atom is 0.411 e. The molecule has 2 unspecified atom stereocenters. The highest BCUT2D eigenvalue weighted by molar-refractivity contribution is 7.98. The van der Waals surface area contributed by atoms with Crippen LogP contribution in [0.2, 0.25) is 0 Å². The molecule has 1 fully saturated rings. The number of nitrogens with zero attached hydrogens (tertiary/aromatic N) is 1. The van der Waals surface area contributed by atoms with E-state index in [1.54, 1.807) is 20.8 Å². The van der Waals surface area contributed by atoms with Crippen molar-refractivity contribution in [2.75, 3.05) is 18.6 Å². The van der Waals surface area contributed by atoms with Gasteiger partial charge in [0.05, 0.1) is 0 Å². The number of thioether (sulfide) groups is 1. The normalized spacial score (nSPS) is 25.4. The molecule has 7 heteroatoms. The maximum atomic E-state index is 12.7. The van der Waals surface area contributed by atoms with Gasteiger partial charge in [0.25, 0.3) is 0 Å². The third-order valence-corrected chi connectivity index (χ3v) is 4.34. The molecular weight excluding hydrogens is 316 g/mol. The minimum absolute atomic E-state index is 0.349. The molecule has 0 bridgehead atoms. The van der Waals surface area contributed by atoms with Gasteiger partial charge in [0.2, 0.25) is 0 Å². The molecule has 0 saturated carbocycles. The molecule has 0 aliphatic carbocycles. The number of carbonyl (C=O) groups is 2. The van der Waals surface area contributed by atoms with Gasteiger partial charge in [-0.25, -0.2) is 4.79 Å². The van der Waals surface area contributed by atoms with Gasteiger partial charge in [0, 0.05) is 12.3 Å². The largest absolute Gasteiger partial charge is 0.459 e. The molecule has 1 heterocycles. The van der Waals surface area contributed by atoms with E-state index in [1.807, 2.05) is 27.0 Å². The summed E-state index contributed by atoms with van der Waals surface area (Å²) in [4.78, 5) is 26.5. The summed E-state index contributed by atoms with van der Waals surface area (Å²) in [6, 6.07) is 0. The Kier molecular flexibility index (Phi) is 6.02. The van der Waals surface area contributed by atoms with Crippen LogP contribution in [0.15, 0.2) is 0 Å². The van der Waals surface area contributed by atoms with Gasteiger partial charge < -0.3 is 15.2 Å². The van der Waals surface area contributed by atoms with Crippen LogP contribution in [0.4, 0.5) is 4.79 Å². The number of rotatable bonds is 3. The van der Waals surface area contributed by atoms with Crippen LogP contribution in [0.25, 0.3) is 0 Å². The summed E-state index contributed by atoms with van der Waals surface area (Å²) < 4.78 is 11.0. The van der Waals surface area contributed by atoms with E-state index in [0.717, 1.165) is 0 Å². The second-order valence-electron chi connectivity index (χ2n) is 7.96. The SMILES string of the molecule is CSCC1(C(=O)OC(C)(C)C)CCN(C(=O)OC(C)(C)C)C1N. The van der Waals surface area contributed by atoms with Crippen LogP contribution in [0.5, 0.6) is 0 Å². The van der Waals surface area contributed by atoms with Crippen LogP contribution in [0.1, 0.15) is 48.0 Å². The first-order chi connectivity index (χ1) is 10.3. The zero-order chi connectivity index (χ0) is 18.1. The Labute approximate surface area is 143 Å². The average Bonchev–Trinajstić information content (AvgIpc) is 2.64. The van der Waals surface area contributed by atoms with Crippen LogP contribution in [-0.2, 0) is 14.3 Å². The monoisotopic (exact) mass is 346 g/mol. The molecule has 0 aromatic carbocycles. The van der Waals surface area contributed by atoms with Crippen molar-refractivity contribution in [2.24, 2.45) is 11.1 Å². The summed E-state index contributed by atoms with van der Waals surface area (Å²) in [6.07, 6.45) is 1.15. The lowest BCUT2D eigenvalue weighted by molar-refractivity contribution is -0.167. The lowest BCUT2D eigenvalue weighted by Gasteiger charge is -2.35. The van der Waals surface area contributed by atoms with Crippen molar-refractivity contribution >= 4 is 23.8 Å². The zero-order valence-electron chi connectivity index (χ0n) is 15.3. The predicted molar refractivity (Wildman–Crippen MR) is 92.2 cm³/mol. The minimum atomic E-state index is -0.899. The van der Waals surface area contributed by atoms with Crippen molar-refractivity contribution in [3.05, 3.63) is 0 Å². The van der Waals surface area contributed by atoms with E-state index in [9.17, 15) is 9.59 Å². The van der Waals surface area contributed by atoms with Crippen LogP contribution >= 0.6 is 11.8 Å². The van der Waals surface area contributed by atoms with Crippen LogP contribution in [-0.4, -0.2) is 52.9 Å². The summed E-state index contributed by atoms with van der Waals surface area (Å²) in [5.41, 5.74) is 4.20. The van der Waals surface area contributed by atoms with Gasteiger partial charge in [0.1, 0.15) is 22.8 Å². The first kappa shape index (κ1) is 20.1. The molecule has 1 amide bonds. The fourth-order valence-electron chi connectivity index (χ4n) is 2.51. The molecule has 6 nitrogen and oxygen atoms in total. The highest BCUT2D eigenvalue weighted by atomic mass is 32.2. The van der Waals surface area contributed by atoms with Gasteiger partial charge in [-0.15, -0.1) is 0 Å². The first-order valence-electron chi connectivity index (χ1n) is 7.80. The molecular formula is C16H30N2O4S. The number of hydrogen-bond donors (Lipinski definition) is 1. The Hall–Kier alpha value is -0.950. The van der Waals surface area contributed by atoms with Gasteiger partial charge in [-0.05, 0) is 54.2 Å². The number of hydrogen-bond acceptors (Lipinski definition) is 6. The lowest BCUT2D eigenvalue weighted by atomic mass is 9.86. The Morgan fingerprint density at radius 1 is 1.17 bits per heavy atom. The molecule has 134 valence electrons. The topological polar surface area (TPSA) is 81.9 Å². The highest BCUT2D eigenvalue weighted by Gasteiger charge is 2.55. The molecule has 2 N–H and O–H groups in total. The van der Waals surface area contributed by atoms with Crippen LogP contribution < -0.4 is 5.73 Å².